The number of amides is 2. The molecular weight excluding hydrogens is 344 g/mol. The van der Waals surface area contributed by atoms with Crippen molar-refractivity contribution in [2.75, 3.05) is 0 Å². The second kappa shape index (κ2) is 6.79. The minimum Gasteiger partial charge on any atom is -0.273 e. The molecule has 0 unspecified atom stereocenters. The molecule has 2 saturated carbocycles. The Morgan fingerprint density at radius 1 is 1.11 bits per heavy atom. The summed E-state index contributed by atoms with van der Waals surface area (Å²) in [6.07, 6.45) is 4.35. The molecule has 2 bridgehead atoms. The van der Waals surface area contributed by atoms with Gasteiger partial charge in [0, 0.05) is 11.3 Å². The summed E-state index contributed by atoms with van der Waals surface area (Å²) in [6, 6.07) is 6.71. The van der Waals surface area contributed by atoms with E-state index in [1.54, 1.807) is 24.3 Å². The molecule has 2 aliphatic carbocycles. The Labute approximate surface area is 157 Å². The van der Waals surface area contributed by atoms with Gasteiger partial charge in [0.25, 0.3) is 11.5 Å². The fourth-order valence-corrected chi connectivity index (χ4v) is 4.56. The van der Waals surface area contributed by atoms with Crippen LogP contribution in [0.5, 0.6) is 0 Å². The van der Waals surface area contributed by atoms with E-state index in [9.17, 15) is 14.4 Å². The molecule has 2 aliphatic rings. The Balaban J connectivity index is 1.56. The second-order valence-corrected chi connectivity index (χ2v) is 7.96. The van der Waals surface area contributed by atoms with E-state index in [0.29, 0.717) is 22.6 Å². The molecule has 2 aromatic rings. The molecule has 4 rings (SSSR count). The summed E-state index contributed by atoms with van der Waals surface area (Å²) in [5, 5.41) is 5.17. The van der Waals surface area contributed by atoms with Crippen molar-refractivity contribution in [3.63, 3.8) is 0 Å². The van der Waals surface area contributed by atoms with Crippen molar-refractivity contribution in [3.05, 3.63) is 40.3 Å². The van der Waals surface area contributed by atoms with E-state index in [1.807, 2.05) is 13.8 Å². The van der Waals surface area contributed by atoms with Crippen molar-refractivity contribution in [1.82, 2.24) is 20.6 Å². The first-order chi connectivity index (χ1) is 13.0. The molecular formula is C20H24N4O3. The predicted octanol–water partition coefficient (Wildman–Crippen LogP) is 2.17. The molecule has 2 fully saturated rings. The minimum absolute atomic E-state index is 0.0154. The summed E-state index contributed by atoms with van der Waals surface area (Å²) in [5.74, 6) is 0.433. The highest BCUT2D eigenvalue weighted by atomic mass is 16.2. The average molecular weight is 368 g/mol. The fraction of sp³-hybridized carbons (Fsp3) is 0.500. The van der Waals surface area contributed by atoms with E-state index >= 15 is 0 Å². The van der Waals surface area contributed by atoms with Crippen molar-refractivity contribution in [2.45, 2.75) is 45.6 Å². The fourth-order valence-electron chi connectivity index (χ4n) is 4.56. The molecule has 0 saturated heterocycles. The Morgan fingerprint density at radius 3 is 2.48 bits per heavy atom. The average Bonchev–Trinajstić information content (AvgIpc) is 3.29. The van der Waals surface area contributed by atoms with Crippen molar-refractivity contribution in [1.29, 1.82) is 0 Å². The minimum atomic E-state index is -0.517. The van der Waals surface area contributed by atoms with Crippen LogP contribution in [0.15, 0.2) is 29.1 Å². The molecule has 0 radical (unpaired) electrons. The van der Waals surface area contributed by atoms with Crippen LogP contribution in [0.2, 0.25) is 0 Å². The number of nitrogens with zero attached hydrogens (tertiary/aromatic N) is 2. The third-order valence-corrected chi connectivity index (χ3v) is 5.91. The van der Waals surface area contributed by atoms with Gasteiger partial charge in [0.15, 0.2) is 5.69 Å². The van der Waals surface area contributed by atoms with Crippen LogP contribution in [0.4, 0.5) is 0 Å². The van der Waals surface area contributed by atoms with E-state index in [1.165, 1.54) is 11.1 Å². The largest absolute Gasteiger partial charge is 0.290 e. The highest BCUT2D eigenvalue weighted by molar-refractivity contribution is 6.05. The number of hydrazine groups is 1. The highest BCUT2D eigenvalue weighted by Gasteiger charge is 2.43. The molecule has 1 aromatic heterocycles. The van der Waals surface area contributed by atoms with E-state index in [2.05, 4.69) is 16.0 Å². The lowest BCUT2D eigenvalue weighted by Crippen LogP contribution is -2.46. The molecule has 0 spiro atoms. The number of carbonyl (C=O) groups is 2. The smallest absolute Gasteiger partial charge is 0.273 e. The summed E-state index contributed by atoms with van der Waals surface area (Å²) in [4.78, 5) is 37.7. The summed E-state index contributed by atoms with van der Waals surface area (Å²) in [7, 11) is 0. The van der Waals surface area contributed by atoms with Crippen LogP contribution in [-0.4, -0.2) is 21.6 Å². The molecule has 7 nitrogen and oxygen atoms in total. The lowest BCUT2D eigenvalue weighted by molar-refractivity contribution is -0.127. The molecule has 27 heavy (non-hydrogen) atoms. The second-order valence-electron chi connectivity index (χ2n) is 7.96. The SMILES string of the molecule is CC(C)n1nc(C(=O)NNC(=O)[C@H]2C[C@H]3CC[C@H]2C3)c2ccccc2c1=O. The van der Waals surface area contributed by atoms with Crippen LogP contribution in [0.1, 0.15) is 56.1 Å². The number of carbonyl (C=O) groups excluding carboxylic acids is 2. The van der Waals surface area contributed by atoms with Crippen LogP contribution >= 0.6 is 0 Å². The zero-order valence-electron chi connectivity index (χ0n) is 15.6. The van der Waals surface area contributed by atoms with Crippen LogP contribution in [0.3, 0.4) is 0 Å². The molecule has 2 N–H and O–H groups in total. The molecule has 142 valence electrons. The van der Waals surface area contributed by atoms with Crippen LogP contribution in [0, 0.1) is 17.8 Å². The van der Waals surface area contributed by atoms with Gasteiger partial charge in [-0.05, 0) is 51.0 Å². The summed E-state index contributed by atoms with van der Waals surface area (Å²) in [6.45, 7) is 3.67. The summed E-state index contributed by atoms with van der Waals surface area (Å²) >= 11 is 0. The van der Waals surface area contributed by atoms with Crippen molar-refractivity contribution < 1.29 is 9.59 Å². The van der Waals surface area contributed by atoms with Gasteiger partial charge in [-0.25, -0.2) is 4.68 Å². The van der Waals surface area contributed by atoms with Gasteiger partial charge in [-0.1, -0.05) is 24.6 Å². The number of nitrogens with one attached hydrogen (secondary N) is 2. The van der Waals surface area contributed by atoms with E-state index < -0.39 is 5.91 Å². The molecule has 3 atom stereocenters. The number of benzene rings is 1. The number of fused-ring (bicyclic) bond motifs is 3. The Morgan fingerprint density at radius 2 is 1.85 bits per heavy atom. The van der Waals surface area contributed by atoms with Crippen LogP contribution in [-0.2, 0) is 4.79 Å². The summed E-state index contributed by atoms with van der Waals surface area (Å²) in [5.41, 5.74) is 4.96. The first kappa shape index (κ1) is 17.7. The molecule has 2 amide bonds. The maximum Gasteiger partial charge on any atom is 0.290 e. The number of hydrogen-bond acceptors (Lipinski definition) is 4. The van der Waals surface area contributed by atoms with Gasteiger partial charge >= 0.3 is 0 Å². The lowest BCUT2D eigenvalue weighted by atomic mass is 9.88. The summed E-state index contributed by atoms with van der Waals surface area (Å²) < 4.78 is 1.30. The van der Waals surface area contributed by atoms with Gasteiger partial charge in [-0.15, -0.1) is 0 Å². The molecule has 0 aliphatic heterocycles. The first-order valence-corrected chi connectivity index (χ1v) is 9.57. The maximum atomic E-state index is 12.7. The topological polar surface area (TPSA) is 93.1 Å². The number of rotatable bonds is 3. The highest BCUT2D eigenvalue weighted by Crippen LogP contribution is 2.48. The van der Waals surface area contributed by atoms with Gasteiger partial charge < -0.3 is 0 Å². The predicted molar refractivity (Wildman–Crippen MR) is 101 cm³/mol. The number of aromatic nitrogens is 2. The van der Waals surface area contributed by atoms with Crippen LogP contribution < -0.4 is 16.4 Å². The van der Waals surface area contributed by atoms with Gasteiger partial charge in [-0.3, -0.25) is 25.2 Å². The first-order valence-electron chi connectivity index (χ1n) is 9.57. The molecule has 7 heteroatoms. The van der Waals surface area contributed by atoms with Crippen molar-refractivity contribution in [3.8, 4) is 0 Å². The van der Waals surface area contributed by atoms with Crippen molar-refractivity contribution >= 4 is 22.6 Å². The quantitative estimate of drug-likeness (QED) is 0.812. The zero-order chi connectivity index (χ0) is 19.1. The van der Waals surface area contributed by atoms with E-state index in [-0.39, 0.29) is 29.1 Å². The standard InChI is InChI=1S/C20H24N4O3/c1-11(2)24-20(27)15-6-4-3-5-14(15)17(23-24)19(26)22-21-18(25)16-10-12-7-8-13(16)9-12/h3-6,11-13,16H,7-10H2,1-2H3,(H,21,25)(H,22,26)/t12-,13-,16-/m0/s1. The third kappa shape index (κ3) is 3.11. The van der Waals surface area contributed by atoms with Gasteiger partial charge in [-0.2, -0.15) is 5.10 Å². The Bertz CT molecular complexity index is 965. The zero-order valence-corrected chi connectivity index (χ0v) is 15.6. The normalized spacial score (nSPS) is 23.7. The number of hydrogen-bond donors (Lipinski definition) is 2. The van der Waals surface area contributed by atoms with Gasteiger partial charge in [0.1, 0.15) is 0 Å². The van der Waals surface area contributed by atoms with E-state index in [4.69, 9.17) is 0 Å². The van der Waals surface area contributed by atoms with Crippen LogP contribution in [0.25, 0.3) is 10.8 Å². The Kier molecular flexibility index (Phi) is 4.45. The molecule has 1 heterocycles. The van der Waals surface area contributed by atoms with E-state index in [0.717, 1.165) is 19.3 Å². The van der Waals surface area contributed by atoms with Gasteiger partial charge in [0.2, 0.25) is 5.91 Å². The third-order valence-electron chi connectivity index (χ3n) is 5.91. The monoisotopic (exact) mass is 368 g/mol. The maximum absolute atomic E-state index is 12.7. The Hall–Kier alpha value is -2.70. The lowest BCUT2D eigenvalue weighted by Gasteiger charge is -2.21. The van der Waals surface area contributed by atoms with Gasteiger partial charge in [0.05, 0.1) is 11.4 Å². The van der Waals surface area contributed by atoms with Crippen molar-refractivity contribution in [2.24, 2.45) is 17.8 Å². The molecule has 1 aromatic carbocycles.